The van der Waals surface area contributed by atoms with E-state index in [-0.39, 0.29) is 17.7 Å². The van der Waals surface area contributed by atoms with Crippen molar-refractivity contribution in [2.24, 2.45) is 5.92 Å². The van der Waals surface area contributed by atoms with Crippen LogP contribution in [0.1, 0.15) is 43.7 Å². The summed E-state index contributed by atoms with van der Waals surface area (Å²) in [6.45, 7) is 5.28. The normalized spacial score (nSPS) is 18.5. The summed E-state index contributed by atoms with van der Waals surface area (Å²) < 4.78 is 60.7. The lowest BCUT2D eigenvalue weighted by molar-refractivity contribution is -0.228. The van der Waals surface area contributed by atoms with E-state index in [4.69, 9.17) is 4.74 Å². The Labute approximate surface area is 133 Å². The van der Waals surface area contributed by atoms with Crippen LogP contribution in [0, 0.1) is 17.6 Å². The number of alkyl halides is 2. The number of halogens is 4. The molecule has 0 saturated carbocycles. The molecule has 1 unspecified atom stereocenters. The summed E-state index contributed by atoms with van der Waals surface area (Å²) in [7, 11) is 0. The van der Waals surface area contributed by atoms with Crippen LogP contribution in [-0.4, -0.2) is 0 Å². The van der Waals surface area contributed by atoms with Crippen LogP contribution in [0.2, 0.25) is 0 Å². The minimum Gasteiger partial charge on any atom is -0.434 e. The van der Waals surface area contributed by atoms with Crippen LogP contribution in [0.25, 0.3) is 0 Å². The summed E-state index contributed by atoms with van der Waals surface area (Å²) in [4.78, 5) is 0. The maximum atomic E-state index is 14.2. The van der Waals surface area contributed by atoms with Crippen LogP contribution < -0.4 is 0 Å². The van der Waals surface area contributed by atoms with E-state index >= 15 is 0 Å². The van der Waals surface area contributed by atoms with Gasteiger partial charge in [-0.25, -0.2) is 8.78 Å². The molecular weight excluding hydrogens is 308 g/mol. The molecule has 0 aliphatic heterocycles. The lowest BCUT2D eigenvalue weighted by Gasteiger charge is -2.25. The van der Waals surface area contributed by atoms with Crippen molar-refractivity contribution in [3.63, 3.8) is 0 Å². The van der Waals surface area contributed by atoms with Gasteiger partial charge < -0.3 is 4.74 Å². The van der Waals surface area contributed by atoms with Crippen LogP contribution in [0.15, 0.2) is 36.6 Å². The molecule has 0 heterocycles. The lowest BCUT2D eigenvalue weighted by Crippen LogP contribution is -2.22. The van der Waals surface area contributed by atoms with Gasteiger partial charge in [-0.3, -0.25) is 0 Å². The van der Waals surface area contributed by atoms with Gasteiger partial charge in [-0.05, 0) is 49.3 Å². The molecule has 0 radical (unpaired) electrons. The molecule has 1 aliphatic carbocycles. The molecule has 126 valence electrons. The summed E-state index contributed by atoms with van der Waals surface area (Å²) >= 11 is 0. The first-order valence-corrected chi connectivity index (χ1v) is 7.73. The predicted octanol–water partition coefficient (Wildman–Crippen LogP) is 5.85. The van der Waals surface area contributed by atoms with Crippen LogP contribution in [-0.2, 0) is 17.3 Å². The first-order chi connectivity index (χ1) is 10.9. The molecule has 0 amide bonds. The summed E-state index contributed by atoms with van der Waals surface area (Å²) in [6.07, 6.45) is 2.22. The summed E-state index contributed by atoms with van der Waals surface area (Å²) in [6, 6.07) is 2.06. The van der Waals surface area contributed by atoms with Gasteiger partial charge in [0, 0.05) is 6.42 Å². The molecule has 1 atom stereocenters. The van der Waals surface area contributed by atoms with Gasteiger partial charge in [0.2, 0.25) is 0 Å². The molecule has 0 fully saturated rings. The van der Waals surface area contributed by atoms with E-state index in [2.05, 4.69) is 6.58 Å². The zero-order valence-electron chi connectivity index (χ0n) is 13.0. The van der Waals surface area contributed by atoms with Crippen molar-refractivity contribution < 1.29 is 22.3 Å². The van der Waals surface area contributed by atoms with Crippen LogP contribution in [0.4, 0.5) is 17.6 Å². The minimum atomic E-state index is -3.89. The van der Waals surface area contributed by atoms with Crippen molar-refractivity contribution in [2.75, 3.05) is 0 Å². The van der Waals surface area contributed by atoms with Gasteiger partial charge in [-0.2, -0.15) is 8.78 Å². The molecular formula is C18H20F4O. The highest BCUT2D eigenvalue weighted by atomic mass is 19.3. The molecule has 0 saturated heterocycles. The second kappa shape index (κ2) is 7.20. The number of benzene rings is 1. The van der Waals surface area contributed by atoms with Crippen molar-refractivity contribution in [1.29, 1.82) is 0 Å². The molecule has 0 N–H and O–H groups in total. The number of allylic oxidation sites excluding steroid dienone is 3. The standard InChI is InChI=1S/C18H20F4O/c1-3-5-12-6-9-14(10-7-12)23-18(21,22)15-11-8-13(4-2)16(19)17(15)20/h3,8-9,11-12H,1,4-7,10H2,2H3. The summed E-state index contributed by atoms with van der Waals surface area (Å²) in [5.41, 5.74) is -1.01. The number of hydrogen-bond donors (Lipinski definition) is 0. The Balaban J connectivity index is 2.16. The van der Waals surface area contributed by atoms with E-state index in [9.17, 15) is 17.6 Å². The molecule has 2 rings (SSSR count). The van der Waals surface area contributed by atoms with Crippen LogP contribution >= 0.6 is 0 Å². The van der Waals surface area contributed by atoms with Gasteiger partial charge in [-0.15, -0.1) is 6.58 Å². The van der Waals surface area contributed by atoms with Crippen molar-refractivity contribution in [1.82, 2.24) is 0 Å². The van der Waals surface area contributed by atoms with Gasteiger partial charge in [0.25, 0.3) is 0 Å². The van der Waals surface area contributed by atoms with E-state index < -0.39 is 23.3 Å². The average molecular weight is 328 g/mol. The Morgan fingerprint density at radius 3 is 2.61 bits per heavy atom. The fraction of sp³-hybridized carbons (Fsp3) is 0.444. The third kappa shape index (κ3) is 3.95. The molecule has 0 bridgehead atoms. The highest BCUT2D eigenvalue weighted by Crippen LogP contribution is 2.38. The second-order valence-electron chi connectivity index (χ2n) is 5.71. The first-order valence-electron chi connectivity index (χ1n) is 7.73. The SMILES string of the molecule is C=CCC1CC=C(OC(F)(F)c2ccc(CC)c(F)c2F)CC1. The fourth-order valence-corrected chi connectivity index (χ4v) is 2.71. The summed E-state index contributed by atoms with van der Waals surface area (Å²) in [5, 5.41) is 0. The highest BCUT2D eigenvalue weighted by Gasteiger charge is 2.40. The van der Waals surface area contributed by atoms with Crippen molar-refractivity contribution >= 4 is 0 Å². The Kier molecular flexibility index (Phi) is 5.50. The predicted molar refractivity (Wildman–Crippen MR) is 81.0 cm³/mol. The van der Waals surface area contributed by atoms with Crippen LogP contribution in [0.3, 0.4) is 0 Å². The number of ether oxygens (including phenoxy) is 1. The third-order valence-electron chi connectivity index (χ3n) is 4.09. The molecule has 0 spiro atoms. The largest absolute Gasteiger partial charge is 0.434 e. The Bertz CT molecular complexity index is 607. The third-order valence-corrected chi connectivity index (χ3v) is 4.09. The van der Waals surface area contributed by atoms with Gasteiger partial charge in [-0.1, -0.05) is 19.1 Å². The fourth-order valence-electron chi connectivity index (χ4n) is 2.71. The van der Waals surface area contributed by atoms with Gasteiger partial charge in [0.15, 0.2) is 11.6 Å². The maximum Gasteiger partial charge on any atom is 0.429 e. The average Bonchev–Trinajstić information content (AvgIpc) is 2.51. The smallest absolute Gasteiger partial charge is 0.429 e. The van der Waals surface area contributed by atoms with Crippen molar-refractivity contribution in [3.05, 3.63) is 59.4 Å². The first kappa shape index (κ1) is 17.6. The molecule has 1 aromatic rings. The van der Waals surface area contributed by atoms with Gasteiger partial charge in [0.05, 0.1) is 5.76 Å². The van der Waals surface area contributed by atoms with E-state index in [1.807, 2.05) is 0 Å². The molecule has 0 aromatic heterocycles. The van der Waals surface area contributed by atoms with E-state index in [0.29, 0.717) is 25.2 Å². The monoisotopic (exact) mass is 328 g/mol. The molecule has 1 aromatic carbocycles. The maximum absolute atomic E-state index is 14.2. The van der Waals surface area contributed by atoms with Crippen LogP contribution in [0.5, 0.6) is 0 Å². The van der Waals surface area contributed by atoms with Crippen molar-refractivity contribution in [2.45, 2.75) is 45.1 Å². The van der Waals surface area contributed by atoms with Crippen molar-refractivity contribution in [3.8, 4) is 0 Å². The van der Waals surface area contributed by atoms with E-state index in [1.165, 1.54) is 6.07 Å². The number of rotatable bonds is 6. The minimum absolute atomic E-state index is 0.0613. The molecule has 1 aliphatic rings. The molecule has 5 heteroatoms. The quantitative estimate of drug-likeness (QED) is 0.470. The topological polar surface area (TPSA) is 9.23 Å². The number of hydrogen-bond acceptors (Lipinski definition) is 1. The Morgan fingerprint density at radius 1 is 1.30 bits per heavy atom. The van der Waals surface area contributed by atoms with E-state index in [1.54, 1.807) is 19.1 Å². The van der Waals surface area contributed by atoms with Gasteiger partial charge >= 0.3 is 6.11 Å². The zero-order valence-corrected chi connectivity index (χ0v) is 13.0. The van der Waals surface area contributed by atoms with Gasteiger partial charge in [0.1, 0.15) is 5.56 Å². The molecule has 1 nitrogen and oxygen atoms in total. The Morgan fingerprint density at radius 2 is 2.04 bits per heavy atom. The summed E-state index contributed by atoms with van der Waals surface area (Å²) in [5.74, 6) is -2.30. The number of aryl methyl sites for hydroxylation is 1. The Hall–Kier alpha value is -1.78. The highest BCUT2D eigenvalue weighted by molar-refractivity contribution is 5.28. The van der Waals surface area contributed by atoms with E-state index in [0.717, 1.165) is 12.5 Å². The second-order valence-corrected chi connectivity index (χ2v) is 5.71. The zero-order chi connectivity index (χ0) is 17.0. The molecule has 23 heavy (non-hydrogen) atoms. The lowest BCUT2D eigenvalue weighted by atomic mass is 9.90.